The summed E-state index contributed by atoms with van der Waals surface area (Å²) in [4.78, 5) is 25.6. The summed E-state index contributed by atoms with van der Waals surface area (Å²) in [5.41, 5.74) is 0.305. The number of carboxylic acids is 1. The average Bonchev–Trinajstić information content (AvgIpc) is 2.45. The molecule has 2 fully saturated rings. The van der Waals surface area contributed by atoms with Gasteiger partial charge in [-0.25, -0.2) is 4.79 Å². The second-order valence-corrected chi connectivity index (χ2v) is 8.52. The summed E-state index contributed by atoms with van der Waals surface area (Å²) in [6, 6.07) is -0.628. The molecule has 1 aliphatic heterocycles. The Balaban J connectivity index is 1.96. The van der Waals surface area contributed by atoms with E-state index >= 15 is 0 Å². The second kappa shape index (κ2) is 6.59. The maximum Gasteiger partial charge on any atom is 0.327 e. The van der Waals surface area contributed by atoms with Gasteiger partial charge in [-0.05, 0) is 37.0 Å². The van der Waals surface area contributed by atoms with Crippen LogP contribution < -0.4 is 0 Å². The lowest BCUT2D eigenvalue weighted by molar-refractivity contribution is -0.151. The van der Waals surface area contributed by atoms with Crippen LogP contribution in [0.15, 0.2) is 0 Å². The van der Waals surface area contributed by atoms with E-state index in [4.69, 9.17) is 0 Å². The largest absolute Gasteiger partial charge is 0.480 e. The first kappa shape index (κ1) is 16.7. The van der Waals surface area contributed by atoms with Crippen LogP contribution in [0.2, 0.25) is 0 Å². The van der Waals surface area contributed by atoms with Crippen molar-refractivity contribution in [2.75, 3.05) is 18.1 Å². The lowest BCUT2D eigenvalue weighted by Crippen LogP contribution is -2.52. The minimum absolute atomic E-state index is 0.0357. The molecule has 1 aliphatic carbocycles. The highest BCUT2D eigenvalue weighted by molar-refractivity contribution is 7.99. The fourth-order valence-electron chi connectivity index (χ4n) is 3.51. The zero-order valence-electron chi connectivity index (χ0n) is 13.3. The molecule has 0 bridgehead atoms. The highest BCUT2D eigenvalue weighted by atomic mass is 32.2. The molecule has 1 N–H and O–H groups in total. The third-order valence-electron chi connectivity index (χ3n) is 5.00. The topological polar surface area (TPSA) is 57.6 Å². The molecule has 1 unspecified atom stereocenters. The van der Waals surface area contributed by atoms with E-state index in [-0.39, 0.29) is 11.8 Å². The maximum absolute atomic E-state index is 12.7. The van der Waals surface area contributed by atoms with Gasteiger partial charge in [0.1, 0.15) is 6.04 Å². The summed E-state index contributed by atoms with van der Waals surface area (Å²) in [6.45, 7) is 7.38. The SMILES string of the molecule is CC(C)(C)C1CCC(C(=O)N2CCSCC2C(=O)O)CC1. The maximum atomic E-state index is 12.7. The number of amides is 1. The average molecular weight is 313 g/mol. The second-order valence-electron chi connectivity index (χ2n) is 7.38. The Morgan fingerprint density at radius 3 is 2.29 bits per heavy atom. The number of rotatable bonds is 2. The molecule has 1 heterocycles. The van der Waals surface area contributed by atoms with Gasteiger partial charge in [0.25, 0.3) is 0 Å². The van der Waals surface area contributed by atoms with Crippen molar-refractivity contribution in [1.29, 1.82) is 0 Å². The molecule has 1 saturated heterocycles. The van der Waals surface area contributed by atoms with Crippen LogP contribution in [-0.4, -0.2) is 46.0 Å². The van der Waals surface area contributed by atoms with Crippen LogP contribution in [0.5, 0.6) is 0 Å². The summed E-state index contributed by atoms with van der Waals surface area (Å²) >= 11 is 1.63. The molecule has 0 aromatic rings. The van der Waals surface area contributed by atoms with Gasteiger partial charge in [0.2, 0.25) is 5.91 Å². The third-order valence-corrected chi connectivity index (χ3v) is 6.02. The lowest BCUT2D eigenvalue weighted by Gasteiger charge is -2.40. The van der Waals surface area contributed by atoms with Gasteiger partial charge in [-0.1, -0.05) is 20.8 Å². The van der Waals surface area contributed by atoms with Crippen molar-refractivity contribution in [1.82, 2.24) is 4.90 Å². The van der Waals surface area contributed by atoms with Crippen molar-refractivity contribution in [3.63, 3.8) is 0 Å². The molecule has 120 valence electrons. The Hall–Kier alpha value is -0.710. The molecular weight excluding hydrogens is 286 g/mol. The van der Waals surface area contributed by atoms with Crippen LogP contribution in [0.1, 0.15) is 46.5 Å². The molecule has 1 amide bonds. The van der Waals surface area contributed by atoms with Crippen molar-refractivity contribution in [2.45, 2.75) is 52.5 Å². The van der Waals surface area contributed by atoms with Gasteiger partial charge >= 0.3 is 5.97 Å². The molecule has 0 spiro atoms. The summed E-state index contributed by atoms with van der Waals surface area (Å²) in [7, 11) is 0. The minimum Gasteiger partial charge on any atom is -0.480 e. The summed E-state index contributed by atoms with van der Waals surface area (Å²) in [6.07, 6.45) is 3.99. The van der Waals surface area contributed by atoms with E-state index in [1.54, 1.807) is 16.7 Å². The predicted molar refractivity (Wildman–Crippen MR) is 85.4 cm³/mol. The molecule has 2 rings (SSSR count). The molecule has 5 heteroatoms. The molecular formula is C16H27NO3S. The first-order valence-corrected chi connectivity index (χ1v) is 9.07. The lowest BCUT2D eigenvalue weighted by atomic mass is 9.69. The fraction of sp³-hybridized carbons (Fsp3) is 0.875. The van der Waals surface area contributed by atoms with Crippen LogP contribution in [0, 0.1) is 17.3 Å². The third kappa shape index (κ3) is 3.93. The number of thioether (sulfide) groups is 1. The Bertz CT molecular complexity index is 397. The Labute approximate surface area is 131 Å². The summed E-state index contributed by atoms with van der Waals surface area (Å²) in [5, 5.41) is 9.30. The number of hydrogen-bond donors (Lipinski definition) is 1. The van der Waals surface area contributed by atoms with Gasteiger partial charge in [-0.2, -0.15) is 11.8 Å². The Morgan fingerprint density at radius 2 is 1.76 bits per heavy atom. The zero-order valence-corrected chi connectivity index (χ0v) is 14.1. The van der Waals surface area contributed by atoms with Crippen LogP contribution >= 0.6 is 11.8 Å². The molecule has 21 heavy (non-hydrogen) atoms. The quantitative estimate of drug-likeness (QED) is 0.851. The number of aliphatic carboxylic acids is 1. The van der Waals surface area contributed by atoms with Gasteiger partial charge in [-0.3, -0.25) is 4.79 Å². The van der Waals surface area contributed by atoms with Crippen molar-refractivity contribution in [2.24, 2.45) is 17.3 Å². The number of carbonyl (C=O) groups is 2. The molecule has 0 radical (unpaired) electrons. The first-order valence-electron chi connectivity index (χ1n) is 7.91. The molecule has 2 aliphatic rings. The monoisotopic (exact) mass is 313 g/mol. The van der Waals surface area contributed by atoms with E-state index in [1.165, 1.54) is 0 Å². The van der Waals surface area contributed by atoms with Gasteiger partial charge in [-0.15, -0.1) is 0 Å². The van der Waals surface area contributed by atoms with Crippen LogP contribution in [0.3, 0.4) is 0 Å². The van der Waals surface area contributed by atoms with Gasteiger partial charge in [0, 0.05) is 24.0 Å². The van der Waals surface area contributed by atoms with Crippen molar-refractivity contribution in [3.8, 4) is 0 Å². The van der Waals surface area contributed by atoms with Crippen LogP contribution in [-0.2, 0) is 9.59 Å². The van der Waals surface area contributed by atoms with Crippen LogP contribution in [0.4, 0.5) is 0 Å². The van der Waals surface area contributed by atoms with E-state index in [0.717, 1.165) is 31.4 Å². The highest BCUT2D eigenvalue weighted by Crippen LogP contribution is 2.40. The van der Waals surface area contributed by atoms with Gasteiger partial charge in [0.05, 0.1) is 0 Å². The van der Waals surface area contributed by atoms with E-state index < -0.39 is 12.0 Å². The molecule has 0 aromatic heterocycles. The van der Waals surface area contributed by atoms with Crippen molar-refractivity contribution >= 4 is 23.6 Å². The Morgan fingerprint density at radius 1 is 1.14 bits per heavy atom. The fourth-order valence-corrected chi connectivity index (χ4v) is 4.55. The smallest absolute Gasteiger partial charge is 0.327 e. The van der Waals surface area contributed by atoms with Gasteiger partial charge < -0.3 is 10.0 Å². The number of hydrogen-bond acceptors (Lipinski definition) is 3. The van der Waals surface area contributed by atoms with E-state index in [2.05, 4.69) is 20.8 Å². The molecule has 1 saturated carbocycles. The summed E-state index contributed by atoms with van der Waals surface area (Å²) < 4.78 is 0. The molecule has 1 atom stereocenters. The number of carboxylic acid groups (broad SMARTS) is 1. The normalized spacial score (nSPS) is 31.0. The molecule has 4 nitrogen and oxygen atoms in total. The number of carbonyl (C=O) groups excluding carboxylic acids is 1. The standard InChI is InChI=1S/C16H27NO3S/c1-16(2,3)12-6-4-11(5-7-12)14(18)17-8-9-21-10-13(17)15(19)20/h11-13H,4-10H2,1-3H3,(H,19,20). The number of nitrogens with zero attached hydrogens (tertiary/aromatic N) is 1. The van der Waals surface area contributed by atoms with Crippen LogP contribution in [0.25, 0.3) is 0 Å². The van der Waals surface area contributed by atoms with E-state index in [9.17, 15) is 14.7 Å². The van der Waals surface area contributed by atoms with E-state index in [1.807, 2.05) is 0 Å². The zero-order chi connectivity index (χ0) is 15.6. The van der Waals surface area contributed by atoms with Crippen molar-refractivity contribution < 1.29 is 14.7 Å². The van der Waals surface area contributed by atoms with Gasteiger partial charge in [0.15, 0.2) is 0 Å². The predicted octanol–water partition coefficient (Wildman–Crippen LogP) is 2.87. The minimum atomic E-state index is -0.862. The van der Waals surface area contributed by atoms with E-state index in [0.29, 0.717) is 23.6 Å². The summed E-state index contributed by atoms with van der Waals surface area (Å²) in [5.74, 6) is 1.31. The molecule has 0 aromatic carbocycles. The Kier molecular flexibility index (Phi) is 5.23. The highest BCUT2D eigenvalue weighted by Gasteiger charge is 2.38. The first-order chi connectivity index (χ1) is 9.80. The van der Waals surface area contributed by atoms with Crippen molar-refractivity contribution in [3.05, 3.63) is 0 Å².